The molecule has 1 aliphatic rings. The Bertz CT molecular complexity index is 438. The van der Waals surface area contributed by atoms with Crippen LogP contribution in [0, 0.1) is 5.92 Å². The predicted molar refractivity (Wildman–Crippen MR) is 69.8 cm³/mol. The lowest BCUT2D eigenvalue weighted by atomic mass is 10.1. The zero-order valence-corrected chi connectivity index (χ0v) is 10.7. The fourth-order valence-electron chi connectivity index (χ4n) is 2.05. The summed E-state index contributed by atoms with van der Waals surface area (Å²) in [6, 6.07) is 10.0. The van der Waals surface area contributed by atoms with Gasteiger partial charge in [0.2, 0.25) is 0 Å². The highest BCUT2D eigenvalue weighted by Gasteiger charge is 2.23. The first kappa shape index (κ1) is 12.6. The second kappa shape index (κ2) is 5.65. The van der Waals surface area contributed by atoms with E-state index in [9.17, 15) is 8.42 Å². The van der Waals surface area contributed by atoms with Crippen molar-refractivity contribution < 1.29 is 8.42 Å². The van der Waals surface area contributed by atoms with Gasteiger partial charge in [-0.1, -0.05) is 30.3 Å². The zero-order chi connectivity index (χ0) is 12.1. The van der Waals surface area contributed by atoms with Crippen LogP contribution in [0.5, 0.6) is 0 Å². The van der Waals surface area contributed by atoms with Crippen LogP contribution in [0.3, 0.4) is 0 Å². The van der Waals surface area contributed by atoms with Crippen molar-refractivity contribution in [3.8, 4) is 0 Å². The largest absolute Gasteiger partial charge is 0.316 e. The van der Waals surface area contributed by atoms with Crippen LogP contribution in [-0.2, 0) is 16.3 Å². The van der Waals surface area contributed by atoms with Crippen LogP contribution in [0.25, 0.3) is 0 Å². The van der Waals surface area contributed by atoms with E-state index in [0.717, 1.165) is 25.9 Å². The van der Waals surface area contributed by atoms with Gasteiger partial charge in [0.05, 0.1) is 11.5 Å². The predicted octanol–water partition coefficient (Wildman–Crippen LogP) is 1.25. The Hall–Kier alpha value is -0.870. The molecule has 94 valence electrons. The Balaban J connectivity index is 1.73. The van der Waals surface area contributed by atoms with E-state index >= 15 is 0 Å². The molecule has 0 atom stereocenters. The molecule has 1 aromatic rings. The van der Waals surface area contributed by atoms with Crippen LogP contribution in [0.1, 0.15) is 12.0 Å². The molecule has 1 N–H and O–H groups in total. The summed E-state index contributed by atoms with van der Waals surface area (Å²) in [5.41, 5.74) is 1.22. The number of benzene rings is 1. The molecule has 1 aliphatic heterocycles. The van der Waals surface area contributed by atoms with Crippen molar-refractivity contribution in [2.45, 2.75) is 12.8 Å². The molecular formula is C13H19NO2S. The van der Waals surface area contributed by atoms with Gasteiger partial charge >= 0.3 is 0 Å². The van der Waals surface area contributed by atoms with Crippen molar-refractivity contribution in [2.75, 3.05) is 24.6 Å². The molecule has 0 bridgehead atoms. The average Bonchev–Trinajstić information content (AvgIpc) is 2.25. The Morgan fingerprint density at radius 3 is 2.47 bits per heavy atom. The fraction of sp³-hybridized carbons (Fsp3) is 0.538. The van der Waals surface area contributed by atoms with E-state index in [1.54, 1.807) is 0 Å². The number of hydrogen-bond acceptors (Lipinski definition) is 3. The highest BCUT2D eigenvalue weighted by Crippen LogP contribution is 2.10. The summed E-state index contributed by atoms with van der Waals surface area (Å²) in [5, 5.41) is 3.10. The molecule has 0 unspecified atom stereocenters. The molecular weight excluding hydrogens is 234 g/mol. The van der Waals surface area contributed by atoms with Crippen LogP contribution < -0.4 is 5.32 Å². The van der Waals surface area contributed by atoms with Crippen LogP contribution in [0.15, 0.2) is 30.3 Å². The standard InChI is InChI=1S/C13H19NO2S/c15-17(16,11-13-9-14-10-13)8-4-7-12-5-2-1-3-6-12/h1-3,5-6,13-14H,4,7-11H2. The quantitative estimate of drug-likeness (QED) is 0.830. The number of aryl methyl sites for hydroxylation is 1. The minimum Gasteiger partial charge on any atom is -0.316 e. The van der Waals surface area contributed by atoms with Gasteiger partial charge in [-0.3, -0.25) is 0 Å². The van der Waals surface area contributed by atoms with Crippen molar-refractivity contribution in [3.63, 3.8) is 0 Å². The van der Waals surface area contributed by atoms with Gasteiger partial charge in [-0.25, -0.2) is 8.42 Å². The lowest BCUT2D eigenvalue weighted by Crippen LogP contribution is -2.45. The van der Waals surface area contributed by atoms with Crippen LogP contribution in [-0.4, -0.2) is 33.0 Å². The molecule has 1 aromatic carbocycles. The molecule has 0 saturated carbocycles. The fourth-order valence-corrected chi connectivity index (χ4v) is 3.75. The molecule has 1 fully saturated rings. The van der Waals surface area contributed by atoms with Crippen molar-refractivity contribution in [3.05, 3.63) is 35.9 Å². The maximum atomic E-state index is 11.8. The van der Waals surface area contributed by atoms with E-state index in [2.05, 4.69) is 5.32 Å². The van der Waals surface area contributed by atoms with Gasteiger partial charge < -0.3 is 5.32 Å². The maximum absolute atomic E-state index is 11.8. The first-order valence-corrected chi connectivity index (χ1v) is 7.93. The Morgan fingerprint density at radius 1 is 1.18 bits per heavy atom. The van der Waals surface area contributed by atoms with Crippen molar-refractivity contribution in [1.82, 2.24) is 5.32 Å². The summed E-state index contributed by atoms with van der Waals surface area (Å²) in [6.07, 6.45) is 1.58. The lowest BCUT2D eigenvalue weighted by molar-refractivity contribution is 0.378. The summed E-state index contributed by atoms with van der Waals surface area (Å²) >= 11 is 0. The third-order valence-electron chi connectivity index (χ3n) is 3.12. The third kappa shape index (κ3) is 4.13. The summed E-state index contributed by atoms with van der Waals surface area (Å²) in [7, 11) is -2.85. The van der Waals surface area contributed by atoms with E-state index in [1.165, 1.54) is 5.56 Å². The minimum absolute atomic E-state index is 0.318. The van der Waals surface area contributed by atoms with Crippen LogP contribution >= 0.6 is 0 Å². The summed E-state index contributed by atoms with van der Waals surface area (Å²) in [5.74, 6) is 1.02. The van der Waals surface area contributed by atoms with Crippen molar-refractivity contribution in [2.24, 2.45) is 5.92 Å². The Labute approximate surface area is 103 Å². The summed E-state index contributed by atoms with van der Waals surface area (Å²) < 4.78 is 23.6. The Morgan fingerprint density at radius 2 is 1.88 bits per heavy atom. The second-order valence-electron chi connectivity index (χ2n) is 4.73. The molecule has 0 spiro atoms. The lowest BCUT2D eigenvalue weighted by Gasteiger charge is -2.26. The van der Waals surface area contributed by atoms with Gasteiger partial charge in [-0.2, -0.15) is 0 Å². The molecule has 0 radical (unpaired) electrons. The van der Waals surface area contributed by atoms with E-state index in [-0.39, 0.29) is 0 Å². The number of rotatable bonds is 6. The van der Waals surface area contributed by atoms with Gasteiger partial charge in [-0.05, 0) is 24.3 Å². The van der Waals surface area contributed by atoms with Crippen LogP contribution in [0.2, 0.25) is 0 Å². The van der Waals surface area contributed by atoms with Crippen LogP contribution in [0.4, 0.5) is 0 Å². The summed E-state index contributed by atoms with van der Waals surface area (Å²) in [6.45, 7) is 1.72. The monoisotopic (exact) mass is 253 g/mol. The van der Waals surface area contributed by atoms with Gasteiger partial charge in [0.25, 0.3) is 0 Å². The Kier molecular flexibility index (Phi) is 4.18. The van der Waals surface area contributed by atoms with E-state index in [0.29, 0.717) is 17.4 Å². The topological polar surface area (TPSA) is 46.2 Å². The highest BCUT2D eigenvalue weighted by molar-refractivity contribution is 7.91. The first-order valence-electron chi connectivity index (χ1n) is 6.11. The molecule has 0 aliphatic carbocycles. The molecule has 3 nitrogen and oxygen atoms in total. The molecule has 1 heterocycles. The minimum atomic E-state index is -2.85. The van der Waals surface area contributed by atoms with Gasteiger partial charge in [-0.15, -0.1) is 0 Å². The van der Waals surface area contributed by atoms with Gasteiger partial charge in [0.1, 0.15) is 0 Å². The SMILES string of the molecule is O=S(=O)(CCCc1ccccc1)CC1CNC1. The van der Waals surface area contributed by atoms with Gasteiger partial charge in [0.15, 0.2) is 9.84 Å². The third-order valence-corrected chi connectivity index (χ3v) is 5.01. The van der Waals surface area contributed by atoms with Crippen molar-refractivity contribution >= 4 is 9.84 Å². The number of sulfone groups is 1. The summed E-state index contributed by atoms with van der Waals surface area (Å²) in [4.78, 5) is 0. The molecule has 17 heavy (non-hydrogen) atoms. The second-order valence-corrected chi connectivity index (χ2v) is 6.96. The molecule has 1 saturated heterocycles. The molecule has 4 heteroatoms. The van der Waals surface area contributed by atoms with E-state index in [1.807, 2.05) is 30.3 Å². The number of hydrogen-bond donors (Lipinski definition) is 1. The first-order chi connectivity index (χ1) is 8.16. The maximum Gasteiger partial charge on any atom is 0.150 e. The van der Waals surface area contributed by atoms with Crippen molar-refractivity contribution in [1.29, 1.82) is 0 Å². The normalized spacial score (nSPS) is 16.7. The smallest absolute Gasteiger partial charge is 0.150 e. The average molecular weight is 253 g/mol. The highest BCUT2D eigenvalue weighted by atomic mass is 32.2. The molecule has 0 amide bonds. The molecule has 2 rings (SSSR count). The number of nitrogens with one attached hydrogen (secondary N) is 1. The van der Waals surface area contributed by atoms with Gasteiger partial charge in [0, 0.05) is 13.1 Å². The van der Waals surface area contributed by atoms with E-state index in [4.69, 9.17) is 0 Å². The molecule has 0 aromatic heterocycles. The zero-order valence-electron chi connectivity index (χ0n) is 9.93. The van der Waals surface area contributed by atoms with E-state index < -0.39 is 9.84 Å².